The number of hydrogen-bond donors (Lipinski definition) is 0. The van der Waals surface area contributed by atoms with Crippen molar-refractivity contribution in [2.75, 3.05) is 0 Å². The molecule has 4 aromatic rings. The summed E-state index contributed by atoms with van der Waals surface area (Å²) in [4.78, 5) is 0. The first-order valence-corrected chi connectivity index (χ1v) is 10.00. The molecule has 27 heavy (non-hydrogen) atoms. The summed E-state index contributed by atoms with van der Waals surface area (Å²) in [6, 6.07) is 41.1. The Hall–Kier alpha value is -2.64. The van der Waals surface area contributed by atoms with E-state index < -0.39 is 0 Å². The van der Waals surface area contributed by atoms with E-state index >= 15 is 0 Å². The van der Waals surface area contributed by atoms with E-state index in [0.29, 0.717) is 0 Å². The third-order valence-electron chi connectivity index (χ3n) is 5.21. The molecule has 0 fully saturated rings. The van der Waals surface area contributed by atoms with E-state index in [-0.39, 0.29) is 5.41 Å². The fourth-order valence-electron chi connectivity index (χ4n) is 3.90. The van der Waals surface area contributed by atoms with E-state index in [1.165, 1.54) is 22.3 Å². The fourth-order valence-corrected chi connectivity index (χ4v) is 4.33. The minimum Gasteiger partial charge on any atom is -0.0622 e. The average molecular weight is 413 g/mol. The Balaban J connectivity index is 2.02. The Morgan fingerprint density at radius 3 is 1.26 bits per heavy atom. The van der Waals surface area contributed by atoms with Crippen molar-refractivity contribution in [1.82, 2.24) is 0 Å². The van der Waals surface area contributed by atoms with Crippen LogP contribution in [-0.2, 0) is 11.8 Å². The molecule has 0 aliphatic carbocycles. The van der Waals surface area contributed by atoms with Gasteiger partial charge in [-0.25, -0.2) is 0 Å². The monoisotopic (exact) mass is 412 g/mol. The van der Waals surface area contributed by atoms with Crippen LogP contribution in [0.3, 0.4) is 0 Å². The summed E-state index contributed by atoms with van der Waals surface area (Å²) in [6.45, 7) is 0. The summed E-state index contributed by atoms with van der Waals surface area (Å²) < 4.78 is 1.15. The average Bonchev–Trinajstić information content (AvgIpc) is 2.75. The molecule has 132 valence electrons. The van der Waals surface area contributed by atoms with Crippen molar-refractivity contribution in [3.8, 4) is 0 Å². The van der Waals surface area contributed by atoms with Gasteiger partial charge in [0.1, 0.15) is 0 Å². The highest BCUT2D eigenvalue weighted by Gasteiger charge is 2.36. The second-order valence-electron chi connectivity index (χ2n) is 6.77. The maximum Gasteiger partial charge on any atom is 0.0491 e. The first-order valence-electron chi connectivity index (χ1n) is 9.21. The van der Waals surface area contributed by atoms with Gasteiger partial charge >= 0.3 is 0 Å². The Kier molecular flexibility index (Phi) is 5.22. The lowest BCUT2D eigenvalue weighted by molar-refractivity contribution is 0.611. The van der Waals surface area contributed by atoms with Crippen LogP contribution in [0.4, 0.5) is 0 Å². The highest BCUT2D eigenvalue weighted by atomic mass is 79.9. The number of hydrogen-bond acceptors (Lipinski definition) is 0. The molecule has 0 heterocycles. The van der Waals surface area contributed by atoms with Crippen molar-refractivity contribution in [1.29, 1.82) is 0 Å². The molecular weight excluding hydrogens is 392 g/mol. The van der Waals surface area contributed by atoms with Gasteiger partial charge in [-0.1, -0.05) is 125 Å². The zero-order valence-electron chi connectivity index (χ0n) is 15.1. The summed E-state index contributed by atoms with van der Waals surface area (Å²) in [7, 11) is 0. The second-order valence-corrected chi connectivity index (χ2v) is 7.63. The topological polar surface area (TPSA) is 0 Å². The maximum atomic E-state index is 3.77. The Morgan fingerprint density at radius 2 is 0.852 bits per heavy atom. The number of rotatable bonds is 5. The van der Waals surface area contributed by atoms with Crippen LogP contribution in [0, 0.1) is 0 Å². The Morgan fingerprint density at radius 1 is 0.481 bits per heavy atom. The molecule has 0 unspecified atom stereocenters. The van der Waals surface area contributed by atoms with Crippen molar-refractivity contribution < 1.29 is 0 Å². The summed E-state index contributed by atoms with van der Waals surface area (Å²) in [5, 5.41) is 0. The minimum atomic E-state index is -0.256. The van der Waals surface area contributed by atoms with E-state index in [9.17, 15) is 0 Å². The summed E-state index contributed by atoms with van der Waals surface area (Å²) in [5.41, 5.74) is 4.96. The molecule has 0 saturated heterocycles. The van der Waals surface area contributed by atoms with Gasteiger partial charge in [-0.15, -0.1) is 0 Å². The summed E-state index contributed by atoms with van der Waals surface area (Å²) >= 11 is 3.77. The third-order valence-corrected chi connectivity index (χ3v) is 5.99. The van der Waals surface area contributed by atoms with Gasteiger partial charge in [0.25, 0.3) is 0 Å². The standard InChI is InChI=1S/C26H21Br/c27-25-19-11-10-12-21(25)20-26(22-13-4-1-5-14-22,23-15-6-2-7-16-23)24-17-8-3-9-18-24/h1-19H,20H2. The zero-order valence-corrected chi connectivity index (χ0v) is 16.6. The molecule has 0 aliphatic heterocycles. The van der Waals surface area contributed by atoms with Crippen LogP contribution in [0.1, 0.15) is 22.3 Å². The third kappa shape index (κ3) is 3.48. The van der Waals surface area contributed by atoms with Crippen LogP contribution in [0.25, 0.3) is 0 Å². The molecule has 4 aromatic carbocycles. The summed E-state index contributed by atoms with van der Waals surface area (Å²) in [6.07, 6.45) is 0.881. The minimum absolute atomic E-state index is 0.256. The maximum absolute atomic E-state index is 3.77. The molecule has 0 spiro atoms. The smallest absolute Gasteiger partial charge is 0.0491 e. The molecule has 0 aliphatic rings. The zero-order chi connectivity index (χ0) is 18.5. The van der Waals surface area contributed by atoms with Crippen LogP contribution in [0.5, 0.6) is 0 Å². The lowest BCUT2D eigenvalue weighted by Crippen LogP contribution is -2.32. The van der Waals surface area contributed by atoms with Gasteiger partial charge in [0.2, 0.25) is 0 Å². The van der Waals surface area contributed by atoms with E-state index in [0.717, 1.165) is 10.9 Å². The second kappa shape index (κ2) is 7.94. The van der Waals surface area contributed by atoms with E-state index in [1.54, 1.807) is 0 Å². The summed E-state index contributed by atoms with van der Waals surface area (Å²) in [5.74, 6) is 0. The van der Waals surface area contributed by atoms with Gasteiger partial charge in [-0.05, 0) is 34.7 Å². The highest BCUT2D eigenvalue weighted by molar-refractivity contribution is 9.10. The number of benzene rings is 4. The van der Waals surface area contributed by atoms with Crippen molar-refractivity contribution in [3.05, 3.63) is 142 Å². The lowest BCUT2D eigenvalue weighted by atomic mass is 9.66. The molecule has 0 bridgehead atoms. The van der Waals surface area contributed by atoms with Gasteiger partial charge in [0.05, 0.1) is 0 Å². The molecule has 0 radical (unpaired) electrons. The van der Waals surface area contributed by atoms with Crippen molar-refractivity contribution in [2.45, 2.75) is 11.8 Å². The SMILES string of the molecule is Brc1ccccc1CC(c1ccccc1)(c1ccccc1)c1ccccc1. The van der Waals surface area contributed by atoms with Crippen LogP contribution < -0.4 is 0 Å². The predicted molar refractivity (Wildman–Crippen MR) is 117 cm³/mol. The number of halogens is 1. The van der Waals surface area contributed by atoms with Gasteiger partial charge in [-0.3, -0.25) is 0 Å². The van der Waals surface area contributed by atoms with E-state index in [4.69, 9.17) is 0 Å². The van der Waals surface area contributed by atoms with E-state index in [2.05, 4.69) is 131 Å². The highest BCUT2D eigenvalue weighted by Crippen LogP contribution is 2.43. The lowest BCUT2D eigenvalue weighted by Gasteiger charge is -2.36. The molecule has 0 amide bonds. The molecule has 1 heteroatoms. The molecular formula is C26H21Br. The van der Waals surface area contributed by atoms with Gasteiger partial charge in [0.15, 0.2) is 0 Å². The molecule has 0 N–H and O–H groups in total. The molecule has 0 aromatic heterocycles. The van der Waals surface area contributed by atoms with Crippen molar-refractivity contribution in [2.24, 2.45) is 0 Å². The van der Waals surface area contributed by atoms with Crippen LogP contribution in [0.2, 0.25) is 0 Å². The molecule has 0 saturated carbocycles. The molecule has 4 rings (SSSR count). The van der Waals surface area contributed by atoms with Gasteiger partial charge in [-0.2, -0.15) is 0 Å². The Labute approximate surface area is 169 Å². The van der Waals surface area contributed by atoms with Crippen LogP contribution >= 0.6 is 15.9 Å². The normalized spacial score (nSPS) is 11.3. The van der Waals surface area contributed by atoms with Crippen molar-refractivity contribution >= 4 is 15.9 Å². The molecule has 0 nitrogen and oxygen atoms in total. The van der Waals surface area contributed by atoms with Crippen molar-refractivity contribution in [3.63, 3.8) is 0 Å². The van der Waals surface area contributed by atoms with E-state index in [1.807, 2.05) is 0 Å². The fraction of sp³-hybridized carbons (Fsp3) is 0.0769. The first kappa shape index (κ1) is 17.8. The predicted octanol–water partition coefficient (Wildman–Crippen LogP) is 7.03. The largest absolute Gasteiger partial charge is 0.0622 e. The quantitative estimate of drug-likeness (QED) is 0.308. The van der Waals surface area contributed by atoms with Gasteiger partial charge in [0, 0.05) is 9.89 Å². The van der Waals surface area contributed by atoms with Gasteiger partial charge < -0.3 is 0 Å². The first-order chi connectivity index (χ1) is 13.3. The van der Waals surface area contributed by atoms with Crippen LogP contribution in [0.15, 0.2) is 120 Å². The molecule has 0 atom stereocenters. The van der Waals surface area contributed by atoms with Crippen LogP contribution in [-0.4, -0.2) is 0 Å². The Bertz CT molecular complexity index is 895.